The molecule has 2 heteroatoms. The molecule has 0 bridgehead atoms. The Morgan fingerprint density at radius 3 is 2.50 bits per heavy atom. The fourth-order valence-corrected chi connectivity index (χ4v) is 0.631. The molecule has 0 heterocycles. The van der Waals surface area contributed by atoms with Crippen LogP contribution in [0, 0.1) is 0 Å². The van der Waals surface area contributed by atoms with Crippen molar-refractivity contribution < 1.29 is 0 Å². The van der Waals surface area contributed by atoms with Gasteiger partial charge >= 0.3 is 0 Å². The Kier molecular flexibility index (Phi) is 6.55. The van der Waals surface area contributed by atoms with Crippen molar-refractivity contribution >= 4 is 0 Å². The first-order valence-electron chi connectivity index (χ1n) is 3.71. The van der Waals surface area contributed by atoms with Crippen molar-refractivity contribution in [1.82, 2.24) is 10.2 Å². The molecule has 0 aliphatic heterocycles. The normalized spacial score (nSPS) is 11.6. The van der Waals surface area contributed by atoms with Crippen LogP contribution in [-0.4, -0.2) is 39.1 Å². The zero-order valence-electron chi connectivity index (χ0n) is 7.22. The SMILES string of the molecule is CNCC/C=C\CN(C)C. The number of nitrogens with zero attached hydrogens (tertiary/aromatic N) is 1. The molecule has 10 heavy (non-hydrogen) atoms. The molecule has 0 aromatic rings. The molecule has 0 spiro atoms. The number of likely N-dealkylation sites (N-methyl/N-ethyl adjacent to an activating group) is 1. The number of rotatable bonds is 5. The van der Waals surface area contributed by atoms with Crippen molar-refractivity contribution in [2.75, 3.05) is 34.2 Å². The molecule has 0 aliphatic carbocycles. The summed E-state index contributed by atoms with van der Waals surface area (Å²) in [7, 11) is 6.12. The Bertz CT molecular complexity index is 87.3. The molecule has 0 saturated carbocycles. The summed E-state index contributed by atoms with van der Waals surface area (Å²) in [5, 5.41) is 3.09. The van der Waals surface area contributed by atoms with Crippen molar-refractivity contribution in [3.63, 3.8) is 0 Å². The summed E-state index contributed by atoms with van der Waals surface area (Å²) in [5.74, 6) is 0. The number of hydrogen-bond acceptors (Lipinski definition) is 2. The summed E-state index contributed by atoms with van der Waals surface area (Å²) in [5.41, 5.74) is 0. The van der Waals surface area contributed by atoms with E-state index in [0.717, 1.165) is 19.5 Å². The van der Waals surface area contributed by atoms with Crippen LogP contribution in [0.5, 0.6) is 0 Å². The third-order valence-electron chi connectivity index (χ3n) is 1.20. The molecule has 2 nitrogen and oxygen atoms in total. The Morgan fingerprint density at radius 1 is 1.30 bits per heavy atom. The van der Waals surface area contributed by atoms with Crippen LogP contribution in [0.15, 0.2) is 12.2 Å². The molecule has 0 aromatic carbocycles. The Labute approximate surface area is 63.9 Å². The molecule has 60 valence electrons. The highest BCUT2D eigenvalue weighted by atomic mass is 15.0. The van der Waals surface area contributed by atoms with Crippen molar-refractivity contribution in [1.29, 1.82) is 0 Å². The highest BCUT2D eigenvalue weighted by Crippen LogP contribution is 1.81. The van der Waals surface area contributed by atoms with Gasteiger partial charge in [0.1, 0.15) is 0 Å². The standard InChI is InChI=1S/C8H18N2/c1-9-7-5-4-6-8-10(2)3/h4,6,9H,5,7-8H2,1-3H3/b6-4-. The second-order valence-corrected chi connectivity index (χ2v) is 2.63. The van der Waals surface area contributed by atoms with E-state index < -0.39 is 0 Å². The molecule has 0 unspecified atom stereocenters. The van der Waals surface area contributed by atoms with Gasteiger partial charge in [0.05, 0.1) is 0 Å². The van der Waals surface area contributed by atoms with E-state index in [9.17, 15) is 0 Å². The monoisotopic (exact) mass is 142 g/mol. The molecule has 0 rings (SSSR count). The minimum atomic E-state index is 1.05. The van der Waals surface area contributed by atoms with Crippen LogP contribution in [0.3, 0.4) is 0 Å². The smallest absolute Gasteiger partial charge is 0.0157 e. The average Bonchev–Trinajstić information content (AvgIpc) is 1.87. The first kappa shape index (κ1) is 9.66. The van der Waals surface area contributed by atoms with E-state index in [1.165, 1.54) is 0 Å². The predicted molar refractivity (Wildman–Crippen MR) is 46.2 cm³/mol. The molecule has 0 aromatic heterocycles. The number of hydrogen-bond donors (Lipinski definition) is 1. The quantitative estimate of drug-likeness (QED) is 0.449. The van der Waals surface area contributed by atoms with Crippen LogP contribution in [0.1, 0.15) is 6.42 Å². The maximum absolute atomic E-state index is 3.09. The molecular weight excluding hydrogens is 124 g/mol. The third kappa shape index (κ3) is 7.66. The van der Waals surface area contributed by atoms with Crippen molar-refractivity contribution in [2.45, 2.75) is 6.42 Å². The fourth-order valence-electron chi connectivity index (χ4n) is 0.631. The van der Waals surface area contributed by atoms with Gasteiger partial charge in [0.2, 0.25) is 0 Å². The number of nitrogens with one attached hydrogen (secondary N) is 1. The highest BCUT2D eigenvalue weighted by molar-refractivity contribution is 4.83. The van der Waals surface area contributed by atoms with E-state index in [1.54, 1.807) is 0 Å². The van der Waals surface area contributed by atoms with Gasteiger partial charge < -0.3 is 10.2 Å². The summed E-state index contributed by atoms with van der Waals surface area (Å²) >= 11 is 0. The summed E-state index contributed by atoms with van der Waals surface area (Å²) in [6.07, 6.45) is 5.53. The minimum Gasteiger partial charge on any atom is -0.319 e. The average molecular weight is 142 g/mol. The van der Waals surface area contributed by atoms with Gasteiger partial charge in [-0.05, 0) is 34.1 Å². The molecule has 0 fully saturated rings. The highest BCUT2D eigenvalue weighted by Gasteiger charge is 1.80. The summed E-state index contributed by atoms with van der Waals surface area (Å²) in [4.78, 5) is 2.15. The van der Waals surface area contributed by atoms with Gasteiger partial charge in [-0.15, -0.1) is 0 Å². The van der Waals surface area contributed by atoms with Gasteiger partial charge in [0, 0.05) is 6.54 Å². The lowest BCUT2D eigenvalue weighted by Crippen LogP contribution is -2.11. The molecule has 0 radical (unpaired) electrons. The maximum atomic E-state index is 3.09. The lowest BCUT2D eigenvalue weighted by Gasteiger charge is -2.03. The van der Waals surface area contributed by atoms with Crippen LogP contribution < -0.4 is 5.32 Å². The van der Waals surface area contributed by atoms with Gasteiger partial charge in [0.15, 0.2) is 0 Å². The van der Waals surface area contributed by atoms with Crippen LogP contribution >= 0.6 is 0 Å². The fraction of sp³-hybridized carbons (Fsp3) is 0.750. The molecular formula is C8H18N2. The minimum absolute atomic E-state index is 1.05. The Balaban J connectivity index is 3.04. The van der Waals surface area contributed by atoms with Crippen molar-refractivity contribution in [3.8, 4) is 0 Å². The molecule has 0 atom stereocenters. The second-order valence-electron chi connectivity index (χ2n) is 2.63. The molecule has 1 N–H and O–H groups in total. The summed E-state index contributed by atoms with van der Waals surface area (Å²) in [6.45, 7) is 2.12. The van der Waals surface area contributed by atoms with Crippen LogP contribution in [0.4, 0.5) is 0 Å². The predicted octanol–water partition coefficient (Wildman–Crippen LogP) is 0.714. The van der Waals surface area contributed by atoms with Crippen molar-refractivity contribution in [3.05, 3.63) is 12.2 Å². The third-order valence-corrected chi connectivity index (χ3v) is 1.20. The zero-order valence-corrected chi connectivity index (χ0v) is 7.22. The van der Waals surface area contributed by atoms with Gasteiger partial charge in [-0.2, -0.15) is 0 Å². The van der Waals surface area contributed by atoms with E-state index in [4.69, 9.17) is 0 Å². The largest absolute Gasteiger partial charge is 0.319 e. The Hall–Kier alpha value is -0.340. The van der Waals surface area contributed by atoms with E-state index in [0.29, 0.717) is 0 Å². The first-order valence-corrected chi connectivity index (χ1v) is 3.71. The van der Waals surface area contributed by atoms with E-state index in [-0.39, 0.29) is 0 Å². The van der Waals surface area contributed by atoms with Crippen LogP contribution in [-0.2, 0) is 0 Å². The zero-order chi connectivity index (χ0) is 7.82. The topological polar surface area (TPSA) is 15.3 Å². The summed E-state index contributed by atoms with van der Waals surface area (Å²) < 4.78 is 0. The van der Waals surface area contributed by atoms with E-state index in [1.807, 2.05) is 7.05 Å². The van der Waals surface area contributed by atoms with Gasteiger partial charge in [-0.1, -0.05) is 12.2 Å². The van der Waals surface area contributed by atoms with Gasteiger partial charge in [-0.3, -0.25) is 0 Å². The second kappa shape index (κ2) is 6.78. The van der Waals surface area contributed by atoms with Crippen LogP contribution in [0.25, 0.3) is 0 Å². The maximum Gasteiger partial charge on any atom is 0.0157 e. The summed E-state index contributed by atoms with van der Waals surface area (Å²) in [6, 6.07) is 0. The Morgan fingerprint density at radius 2 is 2.00 bits per heavy atom. The lowest BCUT2D eigenvalue weighted by molar-refractivity contribution is 0.456. The first-order chi connectivity index (χ1) is 4.77. The molecule has 0 aliphatic rings. The lowest BCUT2D eigenvalue weighted by atomic mass is 10.3. The van der Waals surface area contributed by atoms with E-state index in [2.05, 4.69) is 36.5 Å². The molecule has 0 saturated heterocycles. The van der Waals surface area contributed by atoms with Crippen LogP contribution in [0.2, 0.25) is 0 Å². The van der Waals surface area contributed by atoms with Gasteiger partial charge in [-0.25, -0.2) is 0 Å². The molecule has 0 amide bonds. The van der Waals surface area contributed by atoms with Crippen molar-refractivity contribution in [2.24, 2.45) is 0 Å². The van der Waals surface area contributed by atoms with E-state index >= 15 is 0 Å². The van der Waals surface area contributed by atoms with Gasteiger partial charge in [0.25, 0.3) is 0 Å².